The monoisotopic (exact) mass is 1260 g/mol. The summed E-state index contributed by atoms with van der Waals surface area (Å²) in [6.45, 7) is 10.3. The molecule has 9 amide bonds. The number of alkyl carbamates (subject to hydrolysis) is 1. The van der Waals surface area contributed by atoms with Gasteiger partial charge in [0.05, 0.1) is 44.0 Å². The SMILES string of the molecule is COc1cc(NC(=O)[C@H](CCCNC(N)=O)NC[C@](C=O)(NC(=O)CCCCCN2C(=O)C=CC2=O)C(C)C)ccc1C(=O)N(C)[C@@H](C)C(=O)O[C@H]1CC(=O)N(C)c2cc(cc(OC)c2Cl)C/C(C)=C/C=C/[C@@H](OC)[C@@]2(O)C[C@H](OC(=O)N2)[C@@H](C)[C@@H]2O[C@@]12C. The summed E-state index contributed by atoms with van der Waals surface area (Å²) in [5, 5.41) is 25.9. The van der Waals surface area contributed by atoms with Crippen molar-refractivity contribution >= 4 is 82.8 Å². The first-order valence-electron chi connectivity index (χ1n) is 29.5. The molecule has 2 aromatic carbocycles. The molecule has 0 aliphatic carbocycles. The third-order valence-electron chi connectivity index (χ3n) is 16.9. The standard InChI is InChI=1S/C62H84ClN9O17/c1-35(2)61(34-73,68-49(74)20-13-12-14-26-72-50(75)23-24-51(72)76)33-66-42(18-16-25-65-58(64)81)55(78)67-40-21-22-41(44(30-40)84-9)56(79)70(7)38(5)57(80)88-48-31-52(77)71(8)43-28-39(29-45(85-10)53(43)63)27-36(3)17-15-19-47(86-11)62(83)32-46(87-59(82)69-62)37(4)54-60(48,6)89-54/h15,17,19,21-24,28-30,34-35,37-38,42,46-48,54,66,83H,12-14,16,18,20,25-27,31-33H2,1-11H3,(H,67,78)(H,68,74)(H,69,82)(H3,64,65,81)/b19-15+,36-17+/t37-,38+,42+,46+,47-,48+,54+,60+,61-,62+/m1/s1. The summed E-state index contributed by atoms with van der Waals surface area (Å²) < 4.78 is 35.3. The molecule has 0 unspecified atom stereocenters. The molecule has 4 bridgehead atoms. The van der Waals surface area contributed by atoms with Crippen LogP contribution in [0.4, 0.5) is 21.0 Å². The van der Waals surface area contributed by atoms with Crippen LogP contribution in [0.2, 0.25) is 5.02 Å². The number of esters is 1. The Morgan fingerprint density at radius 3 is 2.34 bits per heavy atom. The number of nitrogens with two attached hydrogens (primary N) is 1. The van der Waals surface area contributed by atoms with Crippen LogP contribution >= 0.6 is 11.6 Å². The number of amides is 9. The number of nitrogens with one attached hydrogen (secondary N) is 5. The van der Waals surface area contributed by atoms with Gasteiger partial charge in [-0.1, -0.05) is 62.6 Å². The van der Waals surface area contributed by atoms with Crippen LogP contribution in [0.1, 0.15) is 109 Å². The summed E-state index contributed by atoms with van der Waals surface area (Å²) in [6.07, 6.45) is 4.79. The fraction of sp³-hybridized carbons (Fsp3) is 0.548. The number of carbonyl (C=O) groups excluding carboxylic acids is 10. The van der Waals surface area contributed by atoms with Gasteiger partial charge in [0, 0.05) is 83.5 Å². The van der Waals surface area contributed by atoms with Gasteiger partial charge in [-0.3, -0.25) is 39.0 Å². The minimum absolute atomic E-state index is 0.000599. The van der Waals surface area contributed by atoms with Crippen molar-refractivity contribution in [2.24, 2.45) is 17.6 Å². The molecule has 4 heterocycles. The fourth-order valence-electron chi connectivity index (χ4n) is 11.0. The number of likely N-dealkylation sites (N-methyl/N-ethyl adjacent to an activating group) is 1. The van der Waals surface area contributed by atoms with Gasteiger partial charge in [-0.25, -0.2) is 14.4 Å². The largest absolute Gasteiger partial charge is 0.496 e. The van der Waals surface area contributed by atoms with E-state index in [2.05, 4.69) is 26.6 Å². The van der Waals surface area contributed by atoms with Crippen LogP contribution in [0.15, 0.2) is 66.3 Å². The van der Waals surface area contributed by atoms with Crippen molar-refractivity contribution in [3.8, 4) is 11.5 Å². The van der Waals surface area contributed by atoms with Crippen LogP contribution in [-0.2, 0) is 58.9 Å². The van der Waals surface area contributed by atoms with Crippen molar-refractivity contribution in [3.05, 3.63) is 82.4 Å². The molecule has 6 rings (SSSR count). The maximum Gasteiger partial charge on any atom is 0.409 e. The minimum atomic E-state index is -1.93. The van der Waals surface area contributed by atoms with Crippen LogP contribution in [0, 0.1) is 11.8 Å². The lowest BCUT2D eigenvalue weighted by Crippen LogP contribution is -2.63. The molecule has 27 heteroatoms. The van der Waals surface area contributed by atoms with E-state index < -0.39 is 113 Å². The Bertz CT molecular complexity index is 3080. The number of aliphatic hydroxyl groups is 1. The first kappa shape index (κ1) is 70.2. The third kappa shape index (κ3) is 17.3. The maximum absolute atomic E-state index is 14.6. The number of benzene rings is 2. The normalized spacial score (nSPS) is 25.0. The molecule has 89 heavy (non-hydrogen) atoms. The van der Waals surface area contributed by atoms with Crippen LogP contribution in [0.5, 0.6) is 11.5 Å². The number of imide groups is 1. The number of urea groups is 1. The average molecular weight is 1260 g/mol. The van der Waals surface area contributed by atoms with Gasteiger partial charge in [0.25, 0.3) is 17.7 Å². The molecule has 0 aromatic heterocycles. The highest BCUT2D eigenvalue weighted by Crippen LogP contribution is 2.49. The van der Waals surface area contributed by atoms with Gasteiger partial charge in [0.2, 0.25) is 17.7 Å². The highest BCUT2D eigenvalue weighted by Gasteiger charge is 2.64. The van der Waals surface area contributed by atoms with E-state index in [1.165, 1.54) is 77.6 Å². The number of allylic oxidation sites excluding steroid dienone is 3. The number of rotatable bonds is 25. The van der Waals surface area contributed by atoms with Gasteiger partial charge in [0.15, 0.2) is 5.72 Å². The molecular weight excluding hydrogens is 1180 g/mol. The van der Waals surface area contributed by atoms with E-state index in [0.717, 1.165) is 20.9 Å². The summed E-state index contributed by atoms with van der Waals surface area (Å²) >= 11 is 6.86. The van der Waals surface area contributed by atoms with E-state index in [9.17, 15) is 53.1 Å². The molecule has 4 aliphatic heterocycles. The predicted molar refractivity (Wildman–Crippen MR) is 327 cm³/mol. The van der Waals surface area contributed by atoms with Crippen LogP contribution in [0.3, 0.4) is 0 Å². The number of carbonyl (C=O) groups is 10. The zero-order valence-electron chi connectivity index (χ0n) is 52.2. The molecule has 26 nitrogen and oxygen atoms in total. The fourth-order valence-corrected chi connectivity index (χ4v) is 11.3. The number of ether oxygens (including phenoxy) is 6. The summed E-state index contributed by atoms with van der Waals surface area (Å²) in [7, 11) is 7.04. The molecule has 4 aliphatic rings. The molecule has 2 aromatic rings. The Morgan fingerprint density at radius 1 is 1.00 bits per heavy atom. The molecule has 0 radical (unpaired) electrons. The summed E-state index contributed by atoms with van der Waals surface area (Å²) in [5.41, 5.74) is 2.58. The van der Waals surface area contributed by atoms with Gasteiger partial charge in [0.1, 0.15) is 58.3 Å². The van der Waals surface area contributed by atoms with Crippen LogP contribution in [-0.4, -0.2) is 183 Å². The number of hydrogen-bond donors (Lipinski definition) is 7. The second kappa shape index (κ2) is 30.5. The zero-order chi connectivity index (χ0) is 65.7. The van der Waals surface area contributed by atoms with Gasteiger partial charge in [-0.15, -0.1) is 0 Å². The third-order valence-corrected chi connectivity index (χ3v) is 17.3. The minimum Gasteiger partial charge on any atom is -0.496 e. The number of unbranched alkanes of at least 4 members (excludes halogenated alkanes) is 2. The Labute approximate surface area is 522 Å². The van der Waals surface area contributed by atoms with Crippen molar-refractivity contribution in [2.75, 3.05) is 65.3 Å². The van der Waals surface area contributed by atoms with E-state index in [-0.39, 0.29) is 79.2 Å². The summed E-state index contributed by atoms with van der Waals surface area (Å²) in [6, 6.07) is 4.62. The van der Waals surface area contributed by atoms with E-state index in [0.29, 0.717) is 43.4 Å². The lowest BCUT2D eigenvalue weighted by atomic mass is 9.83. The second-order valence-corrected chi connectivity index (χ2v) is 23.8. The highest BCUT2D eigenvalue weighted by molar-refractivity contribution is 6.35. The summed E-state index contributed by atoms with van der Waals surface area (Å²) in [4.78, 5) is 136. The zero-order valence-corrected chi connectivity index (χ0v) is 53.0. The summed E-state index contributed by atoms with van der Waals surface area (Å²) in [5.74, 6) is -4.76. The van der Waals surface area contributed by atoms with Gasteiger partial charge in [-0.05, 0) is 88.6 Å². The average Bonchev–Trinajstić information content (AvgIpc) is 1.62. The Balaban J connectivity index is 1.18. The van der Waals surface area contributed by atoms with E-state index >= 15 is 0 Å². The number of anilines is 2. The molecule has 0 spiro atoms. The number of primary amides is 1. The smallest absolute Gasteiger partial charge is 0.409 e. The van der Waals surface area contributed by atoms with Crippen molar-refractivity contribution < 1.29 is 81.5 Å². The highest BCUT2D eigenvalue weighted by atomic mass is 35.5. The van der Waals surface area contributed by atoms with Crippen LogP contribution < -0.4 is 46.7 Å². The Morgan fingerprint density at radius 2 is 1.70 bits per heavy atom. The molecule has 486 valence electrons. The predicted octanol–water partition coefficient (Wildman–Crippen LogP) is 4.38. The van der Waals surface area contributed by atoms with Crippen LogP contribution in [0.25, 0.3) is 0 Å². The number of halogens is 1. The first-order valence-corrected chi connectivity index (χ1v) is 29.9. The number of nitrogens with zero attached hydrogens (tertiary/aromatic N) is 3. The topological polar surface area (TPSA) is 345 Å². The van der Waals surface area contributed by atoms with E-state index in [4.69, 9.17) is 45.8 Å². The number of fused-ring (bicyclic) bond motifs is 5. The second-order valence-electron chi connectivity index (χ2n) is 23.4. The van der Waals surface area contributed by atoms with E-state index in [1.54, 1.807) is 52.0 Å². The molecule has 2 fully saturated rings. The number of methoxy groups -OCH3 is 3. The molecular formula is C62H84ClN9O17. The van der Waals surface area contributed by atoms with Crippen molar-refractivity contribution in [2.45, 2.75) is 153 Å². The number of aldehydes is 1. The van der Waals surface area contributed by atoms with Crippen molar-refractivity contribution in [1.29, 1.82) is 0 Å². The molecule has 2 saturated heterocycles. The molecule has 8 N–H and O–H groups in total. The Kier molecular flexibility index (Phi) is 24.1. The van der Waals surface area contributed by atoms with Gasteiger partial charge >= 0.3 is 18.1 Å². The Hall–Kier alpha value is -7.91. The lowest BCUT2D eigenvalue weighted by Gasteiger charge is -2.42. The lowest BCUT2D eigenvalue weighted by molar-refractivity contribution is -0.158. The molecule has 10 atom stereocenters. The van der Waals surface area contributed by atoms with Crippen molar-refractivity contribution in [3.63, 3.8) is 0 Å². The number of epoxide rings is 1. The van der Waals surface area contributed by atoms with Gasteiger partial charge in [-0.2, -0.15) is 0 Å². The number of hydrogen-bond acceptors (Lipinski definition) is 18. The van der Waals surface area contributed by atoms with E-state index in [1.807, 2.05) is 13.0 Å². The maximum atomic E-state index is 14.6. The first-order chi connectivity index (χ1) is 42.0. The molecule has 0 saturated carbocycles. The van der Waals surface area contributed by atoms with Gasteiger partial charge < -0.3 is 75.1 Å². The van der Waals surface area contributed by atoms with Crippen molar-refractivity contribution in [1.82, 2.24) is 31.1 Å². The quantitative estimate of drug-likeness (QED) is 0.0238.